The highest BCUT2D eigenvalue weighted by atomic mass is 31.2. The molecule has 0 spiro atoms. The minimum atomic E-state index is -5.51. The van der Waals surface area contributed by atoms with Gasteiger partial charge in [0.1, 0.15) is 12.7 Å². The third kappa shape index (κ3) is 40.1. The van der Waals surface area contributed by atoms with Crippen molar-refractivity contribution in [2.24, 2.45) is 0 Å². The number of esters is 2. The Bertz CT molecular complexity index is 1300. The summed E-state index contributed by atoms with van der Waals surface area (Å²) in [6.45, 7) is -5.07. The summed E-state index contributed by atoms with van der Waals surface area (Å²) in [6, 6.07) is 0. The van der Waals surface area contributed by atoms with Crippen molar-refractivity contribution in [1.29, 1.82) is 0 Å². The summed E-state index contributed by atoms with van der Waals surface area (Å²) in [6.07, 6.45) is 35.8. The first-order valence-electron chi connectivity index (χ1n) is 24.1. The highest BCUT2D eigenvalue weighted by Gasteiger charge is 2.27. The number of carbonyl (C=O) groups excluding carboxylic acids is 2. The lowest BCUT2D eigenvalue weighted by atomic mass is 10.0. The van der Waals surface area contributed by atoms with Crippen LogP contribution < -0.4 is 0 Å². The van der Waals surface area contributed by atoms with Crippen molar-refractivity contribution >= 4 is 19.8 Å². The van der Waals surface area contributed by atoms with Crippen molar-refractivity contribution < 1.29 is 54.6 Å². The van der Waals surface area contributed by atoms with E-state index in [1.165, 1.54) is 70.6 Å². The molecular weight excluding hydrogens is 731 g/mol. The van der Waals surface area contributed by atoms with Gasteiger partial charge in [-0.3, -0.25) is 18.6 Å². The number of allylic oxidation sites excluding steroid dienone is 8. The second kappa shape index (κ2) is 41.1. The first-order chi connectivity index (χ1) is 29.1. The average Bonchev–Trinajstić information content (AvgIpc) is 3.20. The van der Waals surface area contributed by atoms with Crippen molar-refractivity contribution in [3.63, 3.8) is 0 Å². The minimum absolute atomic E-state index is 0.245. The van der Waals surface area contributed by atoms with Crippen LogP contribution in [0.25, 0.3) is 0 Å². The smallest absolute Gasteiger partial charge is 0.462 e. The van der Waals surface area contributed by atoms with Gasteiger partial charge in [-0.05, 0) is 57.8 Å². The van der Waals surface area contributed by atoms with E-state index in [-0.39, 0.29) is 19.3 Å². The molecule has 0 aromatic rings. The number of phosphoric ester groups is 1. The van der Waals surface area contributed by atoms with Crippen LogP contribution in [0.3, 0.4) is 0 Å². The van der Waals surface area contributed by atoms with Crippen LogP contribution in [0.1, 0.15) is 194 Å². The molecule has 0 aliphatic heterocycles. The summed E-state index contributed by atoms with van der Waals surface area (Å²) in [5, 5.41) is 18.5. The highest BCUT2D eigenvalue weighted by Crippen LogP contribution is 2.43. The number of carbonyl (C=O) groups is 2. The number of ether oxygens (including phenoxy) is 2. The topological polar surface area (TPSA) is 149 Å². The lowest BCUT2D eigenvalue weighted by molar-refractivity contribution is -0.161. The molecule has 0 aliphatic rings. The molecule has 0 fully saturated rings. The van der Waals surface area contributed by atoms with Gasteiger partial charge in [0.15, 0.2) is 6.08 Å². The van der Waals surface area contributed by atoms with Gasteiger partial charge in [0.2, 0.25) is 0 Å². The van der Waals surface area contributed by atoms with Gasteiger partial charge >= 0.3 is 19.8 Å². The van der Waals surface area contributed by atoms with E-state index in [0.29, 0.717) is 25.7 Å². The van der Waals surface area contributed by atoms with Gasteiger partial charge in [0, 0.05) is 12.8 Å². The Morgan fingerprint density at radius 3 is 1.52 bits per heavy atom. The van der Waals surface area contributed by atoms with Crippen LogP contribution in [0.5, 0.6) is 0 Å². The highest BCUT2D eigenvalue weighted by molar-refractivity contribution is 7.47. The Labute approximate surface area is 348 Å². The molecule has 0 radical (unpaired) electrons. The Balaban J connectivity index is 5.03. The second-order valence-electron chi connectivity index (χ2n) is 14.2. The van der Waals surface area contributed by atoms with E-state index in [9.17, 15) is 24.2 Å². The summed E-state index contributed by atoms with van der Waals surface area (Å²) in [5.74, 6) is -2.35. The zero-order valence-electron chi connectivity index (χ0n) is 39.8. The Morgan fingerprint density at radius 2 is 1.02 bits per heavy atom. The molecule has 56 heavy (non-hydrogen) atoms. The molecular formula is C45H81O10P. The summed E-state index contributed by atoms with van der Waals surface area (Å²) in [4.78, 5) is 35.8. The zero-order chi connectivity index (χ0) is 45.7. The number of hydrogen-bond donors (Lipinski definition) is 3. The van der Waals surface area contributed by atoms with Crippen LogP contribution in [0.2, 0.25) is 0 Å². The molecule has 0 amide bonds. The van der Waals surface area contributed by atoms with Gasteiger partial charge < -0.3 is 24.6 Å². The third-order valence-electron chi connectivity index (χ3n) is 8.81. The number of unbranched alkanes of at least 4 members (excludes halogenated alkanes) is 19. The van der Waals surface area contributed by atoms with Crippen LogP contribution in [0.15, 0.2) is 48.6 Å². The fourth-order valence-electron chi connectivity index (χ4n) is 5.47. The molecule has 0 saturated heterocycles. The van der Waals surface area contributed by atoms with Gasteiger partial charge in [0.25, 0.3) is 0 Å². The largest absolute Gasteiger partial charge is 0.472 e. The van der Waals surface area contributed by atoms with Crippen LogP contribution >= 0.6 is 7.82 Å². The van der Waals surface area contributed by atoms with Crippen molar-refractivity contribution in [2.45, 2.75) is 199 Å². The van der Waals surface area contributed by atoms with Gasteiger partial charge in [-0.2, -0.15) is 0 Å². The summed E-state index contributed by atoms with van der Waals surface area (Å²) >= 11 is 0. The molecule has 0 aliphatic carbocycles. The van der Waals surface area contributed by atoms with E-state index in [0.717, 1.165) is 57.8 Å². The van der Waals surface area contributed by atoms with Crippen molar-refractivity contribution in [3.8, 4) is 0 Å². The molecule has 0 aromatic heterocycles. The van der Waals surface area contributed by atoms with Crippen LogP contribution in [0.4, 0.5) is 0 Å². The fraction of sp³-hybridized carbons (Fsp3) is 0.778. The molecule has 3 N–H and O–H groups in total. The summed E-state index contributed by atoms with van der Waals surface area (Å²) in [7, 11) is -5.51. The zero-order valence-corrected chi connectivity index (χ0v) is 35.7. The van der Waals surface area contributed by atoms with E-state index in [1.54, 1.807) is 0 Å². The van der Waals surface area contributed by atoms with Crippen LogP contribution in [0, 0.1) is 0 Å². The molecule has 3 atom stereocenters. The molecule has 326 valence electrons. The lowest BCUT2D eigenvalue weighted by Crippen LogP contribution is -2.29. The molecule has 0 heterocycles. The first kappa shape index (κ1) is 45.0. The number of aliphatic hydroxyl groups is 2. The maximum absolute atomic E-state index is 12.9. The second-order valence-corrected chi connectivity index (χ2v) is 15.6. The Hall–Kier alpha value is -2.07. The summed E-state index contributed by atoms with van der Waals surface area (Å²) in [5.41, 5.74) is 0. The molecule has 0 rings (SSSR count). The number of phosphoric acid groups is 1. The van der Waals surface area contributed by atoms with Gasteiger partial charge in [-0.25, -0.2) is 4.57 Å². The predicted octanol–water partition coefficient (Wildman–Crippen LogP) is 11.7. The monoisotopic (exact) mass is 818 g/mol. The number of aliphatic hydroxyl groups excluding tert-OH is 2. The first-order valence-corrected chi connectivity index (χ1v) is 23.1. The normalized spacial score (nSPS) is 16.7. The van der Waals surface area contributed by atoms with Crippen molar-refractivity contribution in [1.82, 2.24) is 0 Å². The molecule has 2 unspecified atom stereocenters. The molecule has 11 heteroatoms. The average molecular weight is 818 g/mol. The molecule has 0 aromatic carbocycles. The van der Waals surface area contributed by atoms with E-state index in [1.807, 2.05) is 12.2 Å². The standard InChI is InChI=1S/C45H81O10P/c1-3-5-7-9-11-13-15-17-19-20-21-22-23-25-27-29-31-33-35-37-45(49)55-43(41-54-56(50,51)53-39-42(47)38-46)40-52-44(48)36-34-32-30-28-26-24-18-16-14-12-10-8-6-4-2/h11,13,17,19,21-22,25,27,42-43,46-47H,3-10,12,14-16,18,20,23-24,26,28-41H2,1-2H3,(H,50,51)/b13-11-,19-17-,22-21-,27-25-/t42?,43-/m1/s1/i40D2,41D2,43D. The van der Waals surface area contributed by atoms with Crippen molar-refractivity contribution in [3.05, 3.63) is 48.6 Å². The fourth-order valence-corrected chi connectivity index (χ4v) is 6.08. The van der Waals surface area contributed by atoms with Gasteiger partial charge in [0.05, 0.1) is 26.6 Å². The third-order valence-corrected chi connectivity index (χ3v) is 9.61. The van der Waals surface area contributed by atoms with E-state index < -0.39 is 58.3 Å². The SMILES string of the molecule is [2H]C([2H])(OC(=O)CCCCCCCCCCCCCCCC)[C@@]([2H])(OC(=O)CCCCC/C=C\C/C=C\C/C=C\C/C=C\CCCCC)C([2H])([2H])OP(=O)(O)OCC(O)CO. The molecule has 10 nitrogen and oxygen atoms in total. The quantitative estimate of drug-likeness (QED) is 0.0235. The minimum Gasteiger partial charge on any atom is -0.462 e. The van der Waals surface area contributed by atoms with Crippen LogP contribution in [-0.4, -0.2) is 65.6 Å². The van der Waals surface area contributed by atoms with E-state index in [4.69, 9.17) is 21.4 Å². The maximum Gasteiger partial charge on any atom is 0.472 e. The van der Waals surface area contributed by atoms with Crippen molar-refractivity contribution in [2.75, 3.05) is 26.3 Å². The predicted molar refractivity (Wildman–Crippen MR) is 228 cm³/mol. The van der Waals surface area contributed by atoms with Crippen LogP contribution in [-0.2, 0) is 32.7 Å². The number of hydrogen-bond acceptors (Lipinski definition) is 9. The van der Waals surface area contributed by atoms with Gasteiger partial charge in [-0.15, -0.1) is 0 Å². The summed E-state index contributed by atoms with van der Waals surface area (Å²) < 4.78 is 73.5. The Morgan fingerprint density at radius 1 is 0.607 bits per heavy atom. The van der Waals surface area contributed by atoms with Gasteiger partial charge in [-0.1, -0.05) is 165 Å². The van der Waals surface area contributed by atoms with E-state index >= 15 is 0 Å². The lowest BCUT2D eigenvalue weighted by Gasteiger charge is -2.20. The number of rotatable bonds is 41. The maximum atomic E-state index is 12.9. The molecule has 0 bridgehead atoms. The molecule has 0 saturated carbocycles. The van der Waals surface area contributed by atoms with E-state index in [2.05, 4.69) is 59.4 Å². The Kier molecular flexibility index (Phi) is 33.0.